The predicted molar refractivity (Wildman–Crippen MR) is 50.3 cm³/mol. The maximum Gasteiger partial charge on any atom is 0.338 e. The molecule has 0 aromatic carbocycles. The molecule has 1 atom stereocenters. The van der Waals surface area contributed by atoms with E-state index >= 15 is 0 Å². The number of rotatable bonds is 0. The van der Waals surface area contributed by atoms with Crippen LogP contribution in [0.4, 0.5) is 0 Å². The smallest absolute Gasteiger partial charge is 0.338 e. The van der Waals surface area contributed by atoms with Crippen LogP contribution < -0.4 is 0 Å². The summed E-state index contributed by atoms with van der Waals surface area (Å²) >= 11 is 0. The lowest BCUT2D eigenvalue weighted by Crippen LogP contribution is -2.49. The first-order valence-corrected chi connectivity index (χ1v) is 7.36. The summed E-state index contributed by atoms with van der Waals surface area (Å²) < 4.78 is 11.9. The van der Waals surface area contributed by atoms with Gasteiger partial charge in [0.15, 0.2) is 0 Å². The third kappa shape index (κ3) is 1.73. The summed E-state index contributed by atoms with van der Waals surface area (Å²) in [6.07, 6.45) is 5.60. The molecular weight excluding hydrogens is 168 g/mol. The Bertz CT molecular complexity index is 149. The van der Waals surface area contributed by atoms with Crippen LogP contribution in [-0.4, -0.2) is 21.3 Å². The van der Waals surface area contributed by atoms with Gasteiger partial charge in [0.05, 0.1) is 0 Å². The van der Waals surface area contributed by atoms with Gasteiger partial charge in [-0.1, -0.05) is 19.3 Å². The predicted octanol–water partition coefficient (Wildman–Crippen LogP) is 2.44. The second kappa shape index (κ2) is 3.48. The van der Waals surface area contributed by atoms with E-state index < -0.39 is 8.56 Å². The Morgan fingerprint density at radius 2 is 1.92 bits per heavy atom. The van der Waals surface area contributed by atoms with Gasteiger partial charge in [0.1, 0.15) is 0 Å². The zero-order chi connectivity index (χ0) is 8.44. The molecule has 0 saturated carbocycles. The van der Waals surface area contributed by atoms with Crippen LogP contribution in [0, 0.1) is 0 Å². The van der Waals surface area contributed by atoms with Gasteiger partial charge in [0.2, 0.25) is 0 Å². The Labute approximate surface area is 75.5 Å². The summed E-state index contributed by atoms with van der Waals surface area (Å²) in [5.74, 6) is 0. The largest absolute Gasteiger partial charge is 0.394 e. The van der Waals surface area contributed by atoms with Crippen LogP contribution in [0.25, 0.3) is 0 Å². The quantitative estimate of drug-likeness (QED) is 0.541. The Hall–Kier alpha value is 0.137. The topological polar surface area (TPSA) is 18.5 Å². The molecule has 0 aliphatic carbocycles. The maximum absolute atomic E-state index is 6.03. The molecule has 2 aliphatic heterocycles. The van der Waals surface area contributed by atoms with E-state index in [1.54, 1.807) is 0 Å². The molecule has 0 aromatic heterocycles. The molecule has 2 rings (SSSR count). The van der Waals surface area contributed by atoms with Gasteiger partial charge in [0, 0.05) is 12.7 Å². The fourth-order valence-electron chi connectivity index (χ4n) is 2.22. The third-order valence-corrected chi connectivity index (χ3v) is 6.71. The standard InChI is InChI=1S/C9H18O2Si/c1-9-5-6-10-12(11-9)7-3-2-4-8-12/h9H,2-8H2,1H3. The number of hydrogen-bond acceptors (Lipinski definition) is 2. The van der Waals surface area contributed by atoms with Crippen LogP contribution in [0.1, 0.15) is 32.6 Å². The van der Waals surface area contributed by atoms with Crippen LogP contribution in [0.5, 0.6) is 0 Å². The van der Waals surface area contributed by atoms with Crippen LogP contribution in [-0.2, 0) is 8.85 Å². The van der Waals surface area contributed by atoms with Crippen molar-refractivity contribution < 1.29 is 8.85 Å². The monoisotopic (exact) mass is 186 g/mol. The second-order valence-corrected chi connectivity index (χ2v) is 7.38. The van der Waals surface area contributed by atoms with Gasteiger partial charge in [0.25, 0.3) is 0 Å². The Balaban J connectivity index is 1.97. The molecule has 1 spiro atoms. The third-order valence-electron chi connectivity index (χ3n) is 2.92. The van der Waals surface area contributed by atoms with Gasteiger partial charge in [-0.05, 0) is 25.4 Å². The molecule has 1 unspecified atom stereocenters. The van der Waals surface area contributed by atoms with Gasteiger partial charge in [-0.2, -0.15) is 0 Å². The second-order valence-electron chi connectivity index (χ2n) is 4.04. The van der Waals surface area contributed by atoms with E-state index in [4.69, 9.17) is 8.85 Å². The highest BCUT2D eigenvalue weighted by atomic mass is 28.4. The lowest BCUT2D eigenvalue weighted by Gasteiger charge is -2.40. The van der Waals surface area contributed by atoms with E-state index in [1.807, 2.05) is 0 Å². The summed E-state index contributed by atoms with van der Waals surface area (Å²) in [5.41, 5.74) is 0. The average molecular weight is 186 g/mol. The van der Waals surface area contributed by atoms with Gasteiger partial charge < -0.3 is 8.85 Å². The van der Waals surface area contributed by atoms with Crippen molar-refractivity contribution in [1.29, 1.82) is 0 Å². The Kier molecular flexibility index (Phi) is 2.53. The highest BCUT2D eigenvalue weighted by Crippen LogP contribution is 2.34. The van der Waals surface area contributed by atoms with Crippen molar-refractivity contribution in [3.63, 3.8) is 0 Å². The van der Waals surface area contributed by atoms with Crippen molar-refractivity contribution in [2.45, 2.75) is 50.8 Å². The van der Waals surface area contributed by atoms with E-state index in [-0.39, 0.29) is 0 Å². The minimum absolute atomic E-state index is 0.462. The first kappa shape index (κ1) is 8.72. The summed E-state index contributed by atoms with van der Waals surface area (Å²) in [6, 6.07) is 2.49. The molecule has 2 heterocycles. The fraction of sp³-hybridized carbons (Fsp3) is 1.00. The summed E-state index contributed by atoms with van der Waals surface area (Å²) in [5, 5.41) is 0. The molecular formula is C9H18O2Si. The highest BCUT2D eigenvalue weighted by Gasteiger charge is 2.42. The number of hydrogen-bond donors (Lipinski definition) is 0. The molecule has 2 fully saturated rings. The zero-order valence-electron chi connectivity index (χ0n) is 7.84. The first-order valence-electron chi connectivity index (χ1n) is 5.13. The summed E-state index contributed by atoms with van der Waals surface area (Å²) in [6.45, 7) is 3.14. The Morgan fingerprint density at radius 1 is 1.17 bits per heavy atom. The lowest BCUT2D eigenvalue weighted by molar-refractivity contribution is 0.0529. The minimum atomic E-state index is -1.63. The lowest BCUT2D eigenvalue weighted by atomic mass is 10.3. The van der Waals surface area contributed by atoms with Crippen molar-refractivity contribution in [2.24, 2.45) is 0 Å². The van der Waals surface area contributed by atoms with Gasteiger partial charge in [-0.3, -0.25) is 0 Å². The zero-order valence-corrected chi connectivity index (χ0v) is 8.84. The fourth-order valence-corrected chi connectivity index (χ4v) is 5.98. The van der Waals surface area contributed by atoms with Gasteiger partial charge in [-0.25, -0.2) is 0 Å². The molecule has 2 nitrogen and oxygen atoms in total. The minimum Gasteiger partial charge on any atom is -0.394 e. The van der Waals surface area contributed by atoms with E-state index in [0.717, 1.165) is 13.0 Å². The Morgan fingerprint density at radius 3 is 2.58 bits per heavy atom. The van der Waals surface area contributed by atoms with Crippen LogP contribution in [0.2, 0.25) is 12.1 Å². The average Bonchev–Trinajstić information content (AvgIpc) is 2.05. The first-order chi connectivity index (χ1) is 5.81. The summed E-state index contributed by atoms with van der Waals surface area (Å²) in [4.78, 5) is 0. The highest BCUT2D eigenvalue weighted by molar-refractivity contribution is 6.67. The van der Waals surface area contributed by atoms with Crippen molar-refractivity contribution in [3.05, 3.63) is 0 Å². The SMILES string of the molecule is CC1CCO[Si]2(CCCCC2)O1. The normalized spacial score (nSPS) is 35.2. The van der Waals surface area contributed by atoms with Gasteiger partial charge in [-0.15, -0.1) is 0 Å². The molecule has 70 valence electrons. The van der Waals surface area contributed by atoms with Crippen molar-refractivity contribution in [2.75, 3.05) is 6.61 Å². The van der Waals surface area contributed by atoms with Crippen molar-refractivity contribution in [1.82, 2.24) is 0 Å². The van der Waals surface area contributed by atoms with Crippen LogP contribution in [0.15, 0.2) is 0 Å². The van der Waals surface area contributed by atoms with E-state index in [0.29, 0.717) is 6.10 Å². The van der Waals surface area contributed by atoms with E-state index in [2.05, 4.69) is 6.92 Å². The molecule has 0 radical (unpaired) electrons. The summed E-state index contributed by atoms with van der Waals surface area (Å²) in [7, 11) is -1.63. The molecule has 3 heteroatoms. The molecule has 0 amide bonds. The van der Waals surface area contributed by atoms with Crippen molar-refractivity contribution in [3.8, 4) is 0 Å². The van der Waals surface area contributed by atoms with Crippen LogP contribution in [0.3, 0.4) is 0 Å². The molecule has 0 N–H and O–H groups in total. The van der Waals surface area contributed by atoms with E-state index in [9.17, 15) is 0 Å². The molecule has 0 aromatic rings. The molecule has 0 bridgehead atoms. The van der Waals surface area contributed by atoms with Crippen LogP contribution >= 0.6 is 0 Å². The maximum atomic E-state index is 6.03. The van der Waals surface area contributed by atoms with E-state index in [1.165, 1.54) is 31.4 Å². The van der Waals surface area contributed by atoms with Gasteiger partial charge >= 0.3 is 8.56 Å². The van der Waals surface area contributed by atoms with Crippen molar-refractivity contribution >= 4 is 8.56 Å². The molecule has 12 heavy (non-hydrogen) atoms. The molecule has 2 saturated heterocycles. The molecule has 2 aliphatic rings.